The minimum Gasteiger partial charge on any atom is -0.369 e. The van der Waals surface area contributed by atoms with Gasteiger partial charge in [0.1, 0.15) is 0 Å². The molecule has 0 spiro atoms. The second-order valence-electron chi connectivity index (χ2n) is 3.91. The van der Waals surface area contributed by atoms with E-state index in [1.807, 2.05) is 42.7 Å². The quantitative estimate of drug-likeness (QED) is 0.795. The average molecular weight is 249 g/mol. The van der Waals surface area contributed by atoms with Crippen molar-refractivity contribution in [3.05, 3.63) is 24.3 Å². The van der Waals surface area contributed by atoms with Crippen molar-refractivity contribution in [3.8, 4) is 0 Å². The first-order chi connectivity index (χ1) is 8.76. The normalized spacial score (nSPS) is 11.5. The molecule has 0 radical (unpaired) electrons. The van der Waals surface area contributed by atoms with Gasteiger partial charge in [0.25, 0.3) is 0 Å². The van der Waals surface area contributed by atoms with Crippen molar-refractivity contribution in [2.45, 2.75) is 26.7 Å². The molecule has 5 heteroatoms. The fourth-order valence-corrected chi connectivity index (χ4v) is 1.96. The molecular weight excluding hydrogens is 230 g/mol. The van der Waals surface area contributed by atoms with Gasteiger partial charge in [-0.1, -0.05) is 12.1 Å². The van der Waals surface area contributed by atoms with Crippen LogP contribution >= 0.6 is 0 Å². The van der Waals surface area contributed by atoms with E-state index in [0.717, 1.165) is 11.0 Å². The van der Waals surface area contributed by atoms with Gasteiger partial charge in [0.05, 0.1) is 17.6 Å². The molecule has 98 valence electrons. The molecule has 0 saturated carbocycles. The van der Waals surface area contributed by atoms with Crippen LogP contribution in [-0.2, 0) is 16.0 Å². The number of para-hydroxylation sites is 2. The van der Waals surface area contributed by atoms with E-state index >= 15 is 0 Å². The van der Waals surface area contributed by atoms with Crippen molar-refractivity contribution >= 4 is 17.0 Å². The van der Waals surface area contributed by atoms with Crippen LogP contribution in [0.3, 0.4) is 0 Å². The first kappa shape index (κ1) is 12.9. The molecule has 0 aliphatic rings. The summed E-state index contributed by atoms with van der Waals surface area (Å²) in [6.07, 6.45) is -0.292. The molecule has 18 heavy (non-hydrogen) atoms. The van der Waals surface area contributed by atoms with Crippen LogP contribution < -0.4 is 5.73 Å². The minimum atomic E-state index is -0.292. The van der Waals surface area contributed by atoms with Crippen molar-refractivity contribution in [2.24, 2.45) is 0 Å². The third-order valence-corrected chi connectivity index (χ3v) is 2.72. The molecule has 0 atom stereocenters. The SMILES string of the molecule is CCOC(Cn1c(N)nc2ccccc21)OCC. The molecule has 2 aromatic rings. The van der Waals surface area contributed by atoms with Gasteiger partial charge in [0, 0.05) is 13.2 Å². The van der Waals surface area contributed by atoms with Gasteiger partial charge in [-0.05, 0) is 26.0 Å². The third-order valence-electron chi connectivity index (χ3n) is 2.72. The standard InChI is InChI=1S/C13H19N3O2/c1-3-17-12(18-4-2)9-16-11-8-6-5-7-10(11)15-13(16)14/h5-8,12H,3-4,9H2,1-2H3,(H2,14,15). The van der Waals surface area contributed by atoms with Crippen molar-refractivity contribution < 1.29 is 9.47 Å². The number of fused-ring (bicyclic) bond motifs is 1. The maximum atomic E-state index is 5.93. The second kappa shape index (κ2) is 5.84. The molecular formula is C13H19N3O2. The number of hydrogen-bond donors (Lipinski definition) is 1. The number of anilines is 1. The maximum absolute atomic E-state index is 5.93. The number of nitrogens with zero attached hydrogens (tertiary/aromatic N) is 2. The van der Waals surface area contributed by atoms with Crippen LogP contribution in [0.25, 0.3) is 11.0 Å². The molecule has 1 heterocycles. The zero-order valence-corrected chi connectivity index (χ0v) is 10.8. The summed E-state index contributed by atoms with van der Waals surface area (Å²) in [6, 6.07) is 7.85. The Balaban J connectivity index is 2.26. The Morgan fingerprint density at radius 1 is 1.22 bits per heavy atom. The minimum absolute atomic E-state index is 0.292. The number of nitrogen functional groups attached to an aromatic ring is 1. The lowest BCUT2D eigenvalue weighted by atomic mass is 10.3. The Kier molecular flexibility index (Phi) is 4.17. The van der Waals surface area contributed by atoms with Crippen LogP contribution in [0, 0.1) is 0 Å². The van der Waals surface area contributed by atoms with Crippen LogP contribution in [0.1, 0.15) is 13.8 Å². The van der Waals surface area contributed by atoms with E-state index in [9.17, 15) is 0 Å². The number of aromatic nitrogens is 2. The molecule has 2 N–H and O–H groups in total. The Hall–Kier alpha value is -1.59. The molecule has 0 amide bonds. The van der Waals surface area contributed by atoms with E-state index < -0.39 is 0 Å². The molecule has 0 fully saturated rings. The summed E-state index contributed by atoms with van der Waals surface area (Å²) in [5.74, 6) is 0.487. The van der Waals surface area contributed by atoms with E-state index in [0.29, 0.717) is 25.7 Å². The van der Waals surface area contributed by atoms with Crippen molar-refractivity contribution in [1.82, 2.24) is 9.55 Å². The molecule has 2 rings (SSSR count). The highest BCUT2D eigenvalue weighted by Gasteiger charge is 2.14. The van der Waals surface area contributed by atoms with Crippen LogP contribution in [0.2, 0.25) is 0 Å². The molecule has 0 saturated heterocycles. The van der Waals surface area contributed by atoms with E-state index in [1.165, 1.54) is 0 Å². The van der Waals surface area contributed by atoms with E-state index in [2.05, 4.69) is 4.98 Å². The smallest absolute Gasteiger partial charge is 0.201 e. The summed E-state index contributed by atoms with van der Waals surface area (Å²) < 4.78 is 13.0. The summed E-state index contributed by atoms with van der Waals surface area (Å²) in [4.78, 5) is 4.32. The van der Waals surface area contributed by atoms with Crippen molar-refractivity contribution in [1.29, 1.82) is 0 Å². The highest BCUT2D eigenvalue weighted by molar-refractivity contribution is 5.78. The Labute approximate surface area is 107 Å². The molecule has 5 nitrogen and oxygen atoms in total. The molecule has 0 unspecified atom stereocenters. The molecule has 0 aliphatic heterocycles. The van der Waals surface area contributed by atoms with Gasteiger partial charge in [-0.2, -0.15) is 0 Å². The van der Waals surface area contributed by atoms with Gasteiger partial charge in [-0.25, -0.2) is 4.98 Å². The summed E-state index contributed by atoms with van der Waals surface area (Å²) in [7, 11) is 0. The van der Waals surface area contributed by atoms with Crippen molar-refractivity contribution in [3.63, 3.8) is 0 Å². The number of rotatable bonds is 6. The summed E-state index contributed by atoms with van der Waals surface area (Å²) in [6.45, 7) is 5.66. The Morgan fingerprint density at radius 2 is 1.89 bits per heavy atom. The zero-order chi connectivity index (χ0) is 13.0. The van der Waals surface area contributed by atoms with E-state index in [4.69, 9.17) is 15.2 Å². The predicted molar refractivity (Wildman–Crippen MR) is 71.2 cm³/mol. The topological polar surface area (TPSA) is 62.3 Å². The summed E-state index contributed by atoms with van der Waals surface area (Å²) in [5, 5.41) is 0. The fourth-order valence-electron chi connectivity index (χ4n) is 1.96. The summed E-state index contributed by atoms with van der Waals surface area (Å²) >= 11 is 0. The number of ether oxygens (including phenoxy) is 2. The first-order valence-electron chi connectivity index (χ1n) is 6.20. The van der Waals surface area contributed by atoms with Crippen LogP contribution in [0.5, 0.6) is 0 Å². The maximum Gasteiger partial charge on any atom is 0.201 e. The number of hydrogen-bond acceptors (Lipinski definition) is 4. The number of benzene rings is 1. The lowest BCUT2D eigenvalue weighted by Gasteiger charge is -2.18. The fraction of sp³-hybridized carbons (Fsp3) is 0.462. The van der Waals surface area contributed by atoms with Crippen LogP contribution in [-0.4, -0.2) is 29.1 Å². The van der Waals surface area contributed by atoms with Crippen molar-refractivity contribution in [2.75, 3.05) is 18.9 Å². The molecule has 1 aromatic heterocycles. The van der Waals surface area contributed by atoms with Gasteiger partial charge >= 0.3 is 0 Å². The first-order valence-corrected chi connectivity index (χ1v) is 6.20. The third kappa shape index (κ3) is 2.63. The Morgan fingerprint density at radius 3 is 2.56 bits per heavy atom. The largest absolute Gasteiger partial charge is 0.369 e. The predicted octanol–water partition coefficient (Wildman–Crippen LogP) is 2.02. The van der Waals surface area contributed by atoms with Crippen LogP contribution in [0.15, 0.2) is 24.3 Å². The van der Waals surface area contributed by atoms with Gasteiger partial charge < -0.3 is 19.8 Å². The van der Waals surface area contributed by atoms with E-state index in [1.54, 1.807) is 0 Å². The second-order valence-corrected chi connectivity index (χ2v) is 3.91. The number of nitrogens with two attached hydrogens (primary N) is 1. The molecule has 0 bridgehead atoms. The van der Waals surface area contributed by atoms with Gasteiger partial charge in [-0.15, -0.1) is 0 Å². The highest BCUT2D eigenvalue weighted by atomic mass is 16.7. The van der Waals surface area contributed by atoms with Gasteiger partial charge in [-0.3, -0.25) is 0 Å². The number of imidazole rings is 1. The zero-order valence-electron chi connectivity index (χ0n) is 10.8. The van der Waals surface area contributed by atoms with Gasteiger partial charge in [0.15, 0.2) is 6.29 Å². The average Bonchev–Trinajstić information content (AvgIpc) is 2.67. The lowest BCUT2D eigenvalue weighted by Crippen LogP contribution is -2.24. The van der Waals surface area contributed by atoms with Gasteiger partial charge in [0.2, 0.25) is 5.95 Å². The lowest BCUT2D eigenvalue weighted by molar-refractivity contribution is -0.142. The monoisotopic (exact) mass is 249 g/mol. The Bertz CT molecular complexity index is 504. The summed E-state index contributed by atoms with van der Waals surface area (Å²) in [5.41, 5.74) is 7.82. The molecule has 1 aromatic carbocycles. The van der Waals surface area contributed by atoms with E-state index in [-0.39, 0.29) is 6.29 Å². The molecule has 0 aliphatic carbocycles. The van der Waals surface area contributed by atoms with Crippen LogP contribution in [0.4, 0.5) is 5.95 Å². The highest BCUT2D eigenvalue weighted by Crippen LogP contribution is 2.18.